The lowest BCUT2D eigenvalue weighted by molar-refractivity contribution is -0.384. The van der Waals surface area contributed by atoms with Crippen molar-refractivity contribution in [3.05, 3.63) is 97.5 Å². The molecule has 2 aliphatic heterocycles. The fraction of sp³-hybridized carbons (Fsp3) is 0.192. The molecular weight excluding hydrogens is 530 g/mol. The Morgan fingerprint density at radius 2 is 1.61 bits per heavy atom. The average Bonchev–Trinajstić information content (AvgIpc) is 3.10. The van der Waals surface area contributed by atoms with E-state index in [4.69, 9.17) is 4.74 Å². The molecule has 36 heavy (non-hydrogen) atoms. The van der Waals surface area contributed by atoms with Crippen molar-refractivity contribution in [3.63, 3.8) is 0 Å². The van der Waals surface area contributed by atoms with Gasteiger partial charge in [-0.05, 0) is 61.4 Å². The van der Waals surface area contributed by atoms with Crippen molar-refractivity contribution in [1.82, 2.24) is 4.90 Å². The van der Waals surface area contributed by atoms with Crippen LogP contribution in [0.25, 0.3) is 0 Å². The largest absolute Gasteiger partial charge is 0.494 e. The molecule has 0 N–H and O–H groups in total. The third-order valence-electron chi connectivity index (χ3n) is 6.41. The molecule has 9 nitrogen and oxygen atoms in total. The quantitative estimate of drug-likeness (QED) is 0.189. The molecule has 5 rings (SSSR count). The lowest BCUT2D eigenvalue weighted by Crippen LogP contribution is -2.67. The number of ether oxygens (including phenoxy) is 1. The summed E-state index contributed by atoms with van der Waals surface area (Å²) in [6.07, 6.45) is 0. The molecule has 182 valence electrons. The van der Waals surface area contributed by atoms with Gasteiger partial charge in [0.2, 0.25) is 0 Å². The summed E-state index contributed by atoms with van der Waals surface area (Å²) in [6, 6.07) is 14.4. The SMILES string of the molecule is CCOc1ccc(C2C(N3C(=O)c4ccc([N+](=O)[O-])cc4C3=O)C(=O)N2c2ccc(Br)c(C)c2)cc1. The van der Waals surface area contributed by atoms with Crippen LogP contribution in [-0.4, -0.2) is 40.2 Å². The Morgan fingerprint density at radius 3 is 2.25 bits per heavy atom. The maximum absolute atomic E-state index is 13.6. The molecule has 1 saturated heterocycles. The highest BCUT2D eigenvalue weighted by atomic mass is 79.9. The van der Waals surface area contributed by atoms with Crippen LogP contribution in [0.5, 0.6) is 5.75 Å². The van der Waals surface area contributed by atoms with Gasteiger partial charge in [0.05, 0.1) is 28.7 Å². The van der Waals surface area contributed by atoms with Crippen molar-refractivity contribution in [2.45, 2.75) is 25.9 Å². The standard InChI is InChI=1S/C26H20BrN3O6/c1-3-36-18-8-4-15(5-9-18)22-23(26(33)28(22)16-7-11-21(27)14(2)12-16)29-24(31)19-10-6-17(30(34)35)13-20(19)25(29)32/h4-13,22-23H,3H2,1-2H3. The van der Waals surface area contributed by atoms with Crippen molar-refractivity contribution in [1.29, 1.82) is 0 Å². The zero-order valence-electron chi connectivity index (χ0n) is 19.3. The van der Waals surface area contributed by atoms with Crippen LogP contribution in [0, 0.1) is 17.0 Å². The van der Waals surface area contributed by atoms with Crippen molar-refractivity contribution >= 4 is 45.0 Å². The van der Waals surface area contributed by atoms with E-state index >= 15 is 0 Å². The molecule has 0 spiro atoms. The van der Waals surface area contributed by atoms with Crippen LogP contribution in [0.3, 0.4) is 0 Å². The second kappa shape index (κ2) is 8.87. The number of carbonyl (C=O) groups is 3. The third kappa shape index (κ3) is 3.65. The average molecular weight is 550 g/mol. The van der Waals surface area contributed by atoms with Gasteiger partial charge in [0.1, 0.15) is 11.8 Å². The van der Waals surface area contributed by atoms with Crippen LogP contribution in [0.4, 0.5) is 11.4 Å². The topological polar surface area (TPSA) is 110 Å². The first-order valence-corrected chi connectivity index (χ1v) is 12.0. The summed E-state index contributed by atoms with van der Waals surface area (Å²) >= 11 is 3.47. The van der Waals surface area contributed by atoms with Gasteiger partial charge in [-0.3, -0.25) is 29.4 Å². The summed E-state index contributed by atoms with van der Waals surface area (Å²) in [4.78, 5) is 53.2. The number of anilines is 1. The van der Waals surface area contributed by atoms with E-state index in [9.17, 15) is 24.5 Å². The van der Waals surface area contributed by atoms with Gasteiger partial charge in [0, 0.05) is 22.3 Å². The summed E-state index contributed by atoms with van der Waals surface area (Å²) in [5, 5.41) is 11.2. The van der Waals surface area contributed by atoms with Crippen molar-refractivity contribution in [3.8, 4) is 5.75 Å². The highest BCUT2D eigenvalue weighted by Crippen LogP contribution is 2.45. The minimum Gasteiger partial charge on any atom is -0.494 e. The van der Waals surface area contributed by atoms with Crippen molar-refractivity contribution in [2.75, 3.05) is 11.5 Å². The second-order valence-corrected chi connectivity index (χ2v) is 9.36. The van der Waals surface area contributed by atoms with E-state index < -0.39 is 34.7 Å². The molecule has 2 heterocycles. The van der Waals surface area contributed by atoms with Crippen LogP contribution in [0.15, 0.2) is 65.1 Å². The van der Waals surface area contributed by atoms with Gasteiger partial charge in [-0.1, -0.05) is 28.1 Å². The number of β-lactam (4-membered cyclic amide) rings is 1. The zero-order chi connectivity index (χ0) is 25.7. The number of nitro benzene ring substituents is 1. The molecule has 0 aliphatic carbocycles. The second-order valence-electron chi connectivity index (χ2n) is 8.50. The molecule has 3 aromatic rings. The Labute approximate surface area is 214 Å². The van der Waals surface area contributed by atoms with E-state index in [2.05, 4.69) is 15.9 Å². The molecule has 3 aromatic carbocycles. The van der Waals surface area contributed by atoms with E-state index in [0.717, 1.165) is 21.0 Å². The van der Waals surface area contributed by atoms with Crippen molar-refractivity contribution < 1.29 is 24.0 Å². The fourth-order valence-electron chi connectivity index (χ4n) is 4.66. The molecule has 2 unspecified atom stereocenters. The highest BCUT2D eigenvalue weighted by Gasteiger charge is 2.57. The number of benzene rings is 3. The molecule has 0 radical (unpaired) electrons. The van der Waals surface area contributed by atoms with Crippen LogP contribution in [-0.2, 0) is 4.79 Å². The molecule has 3 amide bonds. The molecular formula is C26H20BrN3O6. The Morgan fingerprint density at radius 1 is 0.917 bits per heavy atom. The summed E-state index contributed by atoms with van der Waals surface area (Å²) in [6.45, 7) is 4.27. The number of nitrogens with zero attached hydrogens (tertiary/aromatic N) is 3. The number of halogens is 1. The molecule has 10 heteroatoms. The molecule has 0 aromatic heterocycles. The number of non-ortho nitro benzene ring substituents is 1. The minimum atomic E-state index is -1.10. The van der Waals surface area contributed by atoms with Gasteiger partial charge in [0.25, 0.3) is 23.4 Å². The normalized spacial score (nSPS) is 18.8. The molecule has 0 saturated carbocycles. The maximum Gasteiger partial charge on any atom is 0.270 e. The molecule has 2 atom stereocenters. The van der Waals surface area contributed by atoms with Crippen LogP contribution >= 0.6 is 15.9 Å². The summed E-state index contributed by atoms with van der Waals surface area (Å²) in [7, 11) is 0. The lowest BCUT2D eigenvalue weighted by Gasteiger charge is -2.49. The summed E-state index contributed by atoms with van der Waals surface area (Å²) < 4.78 is 6.41. The summed E-state index contributed by atoms with van der Waals surface area (Å²) in [5.74, 6) is -1.13. The van der Waals surface area contributed by atoms with Gasteiger partial charge < -0.3 is 9.64 Å². The van der Waals surface area contributed by atoms with Crippen LogP contribution in [0.2, 0.25) is 0 Å². The first kappa shape index (κ1) is 23.7. The van der Waals surface area contributed by atoms with E-state index in [1.165, 1.54) is 12.1 Å². The number of amides is 3. The van der Waals surface area contributed by atoms with Gasteiger partial charge in [-0.15, -0.1) is 0 Å². The first-order chi connectivity index (χ1) is 17.2. The maximum atomic E-state index is 13.6. The van der Waals surface area contributed by atoms with E-state index in [1.807, 2.05) is 26.0 Å². The fourth-order valence-corrected chi connectivity index (χ4v) is 4.91. The van der Waals surface area contributed by atoms with E-state index in [0.29, 0.717) is 23.6 Å². The number of aryl methyl sites for hydroxylation is 1. The number of fused-ring (bicyclic) bond motifs is 1. The Hall–Kier alpha value is -4.05. The Balaban J connectivity index is 1.57. The van der Waals surface area contributed by atoms with E-state index in [1.54, 1.807) is 35.2 Å². The van der Waals surface area contributed by atoms with Crippen LogP contribution in [0.1, 0.15) is 44.8 Å². The lowest BCUT2D eigenvalue weighted by atomic mass is 9.86. The zero-order valence-corrected chi connectivity index (χ0v) is 20.9. The van der Waals surface area contributed by atoms with Gasteiger partial charge in [-0.2, -0.15) is 0 Å². The molecule has 2 aliphatic rings. The number of hydrogen-bond acceptors (Lipinski definition) is 6. The number of hydrogen-bond donors (Lipinski definition) is 0. The predicted octanol–water partition coefficient (Wildman–Crippen LogP) is 4.82. The van der Waals surface area contributed by atoms with Gasteiger partial charge in [0.15, 0.2) is 0 Å². The molecule has 0 bridgehead atoms. The van der Waals surface area contributed by atoms with Crippen LogP contribution < -0.4 is 9.64 Å². The number of nitro groups is 1. The number of rotatable bonds is 6. The molecule has 1 fully saturated rings. The van der Waals surface area contributed by atoms with E-state index in [-0.39, 0.29) is 16.8 Å². The number of carbonyl (C=O) groups excluding carboxylic acids is 3. The van der Waals surface area contributed by atoms with Gasteiger partial charge >= 0.3 is 0 Å². The Bertz CT molecular complexity index is 1440. The first-order valence-electron chi connectivity index (χ1n) is 11.2. The monoisotopic (exact) mass is 549 g/mol. The highest BCUT2D eigenvalue weighted by molar-refractivity contribution is 9.10. The number of imide groups is 1. The predicted molar refractivity (Wildman–Crippen MR) is 134 cm³/mol. The minimum absolute atomic E-state index is 0.0433. The van der Waals surface area contributed by atoms with Gasteiger partial charge in [-0.25, -0.2) is 0 Å². The summed E-state index contributed by atoms with van der Waals surface area (Å²) in [5.41, 5.74) is 1.93. The Kier molecular flexibility index (Phi) is 5.83. The third-order valence-corrected chi connectivity index (χ3v) is 7.30. The van der Waals surface area contributed by atoms with Crippen molar-refractivity contribution in [2.24, 2.45) is 0 Å². The smallest absolute Gasteiger partial charge is 0.270 e.